The van der Waals surface area contributed by atoms with Gasteiger partial charge in [-0.05, 0) is 50.5 Å². The lowest BCUT2D eigenvalue weighted by Gasteiger charge is -2.13. The number of nitrogens with one attached hydrogen (secondary N) is 2. The van der Waals surface area contributed by atoms with Crippen molar-refractivity contribution in [1.29, 1.82) is 0 Å². The van der Waals surface area contributed by atoms with Crippen molar-refractivity contribution in [2.24, 2.45) is 0 Å². The SMILES string of the molecule is Cc1cc(C)c(C)c(S(=O)(=O)Nc2c(-n3cnnc3)n[nH]c2C)c1. The van der Waals surface area contributed by atoms with Crippen LogP contribution in [0, 0.1) is 27.7 Å². The smallest absolute Gasteiger partial charge is 0.262 e. The van der Waals surface area contributed by atoms with Crippen molar-refractivity contribution in [3.63, 3.8) is 0 Å². The number of aromatic amines is 1. The topological polar surface area (TPSA) is 106 Å². The Balaban J connectivity index is 2.08. The van der Waals surface area contributed by atoms with Crippen molar-refractivity contribution in [3.8, 4) is 5.82 Å². The minimum absolute atomic E-state index is 0.260. The Labute approximate surface area is 140 Å². The predicted octanol–water partition coefficient (Wildman–Crippen LogP) is 2.02. The highest BCUT2D eigenvalue weighted by Gasteiger charge is 2.23. The molecule has 0 spiro atoms. The molecule has 2 heterocycles. The normalized spacial score (nSPS) is 11.7. The number of anilines is 1. The largest absolute Gasteiger partial charge is 0.279 e. The van der Waals surface area contributed by atoms with Crippen LogP contribution in [0.1, 0.15) is 22.4 Å². The van der Waals surface area contributed by atoms with Crippen LogP contribution in [-0.2, 0) is 10.0 Å². The molecule has 1 aromatic carbocycles. The second-order valence-corrected chi connectivity index (χ2v) is 7.38. The highest BCUT2D eigenvalue weighted by Crippen LogP contribution is 2.27. The summed E-state index contributed by atoms with van der Waals surface area (Å²) in [6.07, 6.45) is 2.91. The number of aryl methyl sites for hydroxylation is 3. The Morgan fingerprint density at radius 1 is 1.08 bits per heavy atom. The van der Waals surface area contributed by atoms with Gasteiger partial charge in [-0.1, -0.05) is 6.07 Å². The minimum Gasteiger partial charge on any atom is -0.279 e. The first kappa shape index (κ1) is 16.2. The predicted molar refractivity (Wildman–Crippen MR) is 89.7 cm³/mol. The van der Waals surface area contributed by atoms with Crippen molar-refractivity contribution < 1.29 is 8.42 Å². The van der Waals surface area contributed by atoms with E-state index in [0.717, 1.165) is 16.7 Å². The number of sulfonamides is 1. The summed E-state index contributed by atoms with van der Waals surface area (Å²) in [4.78, 5) is 0.260. The van der Waals surface area contributed by atoms with Crippen molar-refractivity contribution in [2.75, 3.05) is 4.72 Å². The third-order valence-electron chi connectivity index (χ3n) is 3.88. The molecular formula is C15H18N6O2S. The maximum atomic E-state index is 12.9. The third kappa shape index (κ3) is 2.78. The fraction of sp³-hybridized carbons (Fsp3) is 0.267. The molecule has 0 unspecified atom stereocenters. The zero-order valence-corrected chi connectivity index (χ0v) is 14.6. The maximum absolute atomic E-state index is 12.9. The minimum atomic E-state index is -3.76. The summed E-state index contributed by atoms with van der Waals surface area (Å²) in [5.74, 6) is 0.392. The van der Waals surface area contributed by atoms with Gasteiger partial charge in [0.1, 0.15) is 18.3 Å². The first-order valence-corrected chi connectivity index (χ1v) is 8.78. The summed E-state index contributed by atoms with van der Waals surface area (Å²) in [5.41, 5.74) is 3.51. The summed E-state index contributed by atoms with van der Waals surface area (Å²) in [5, 5.41) is 14.4. The molecule has 0 radical (unpaired) electrons. The van der Waals surface area contributed by atoms with Gasteiger partial charge in [0.25, 0.3) is 10.0 Å². The molecule has 126 valence electrons. The molecule has 8 nitrogen and oxygen atoms in total. The Bertz CT molecular complexity index is 989. The van der Waals surface area contributed by atoms with Crippen LogP contribution in [0.15, 0.2) is 29.7 Å². The van der Waals surface area contributed by atoms with Crippen molar-refractivity contribution in [2.45, 2.75) is 32.6 Å². The Morgan fingerprint density at radius 2 is 1.75 bits per heavy atom. The van der Waals surface area contributed by atoms with E-state index in [9.17, 15) is 8.42 Å². The van der Waals surface area contributed by atoms with Crippen molar-refractivity contribution >= 4 is 15.7 Å². The summed E-state index contributed by atoms with van der Waals surface area (Å²) in [6.45, 7) is 7.31. The molecule has 0 saturated heterocycles. The second kappa shape index (κ2) is 5.75. The van der Waals surface area contributed by atoms with E-state index >= 15 is 0 Å². The molecule has 9 heteroatoms. The molecule has 3 aromatic rings. The number of hydrogen-bond donors (Lipinski definition) is 2. The standard InChI is InChI=1S/C15H18N6O2S/c1-9-5-10(2)11(3)13(6-9)24(22,23)20-14-12(4)18-19-15(14)21-7-16-17-8-21/h5-8,20H,1-4H3,(H,18,19). The molecular weight excluding hydrogens is 328 g/mol. The number of H-pyrrole nitrogens is 1. The molecule has 24 heavy (non-hydrogen) atoms. The fourth-order valence-electron chi connectivity index (χ4n) is 2.50. The van der Waals surface area contributed by atoms with Crippen LogP contribution in [0.25, 0.3) is 5.82 Å². The van der Waals surface area contributed by atoms with Gasteiger partial charge in [-0.2, -0.15) is 5.10 Å². The zero-order chi connectivity index (χ0) is 17.5. The molecule has 2 aromatic heterocycles. The van der Waals surface area contributed by atoms with Gasteiger partial charge in [0.2, 0.25) is 0 Å². The molecule has 0 aliphatic carbocycles. The van der Waals surface area contributed by atoms with Gasteiger partial charge in [-0.15, -0.1) is 10.2 Å². The van der Waals surface area contributed by atoms with Crippen LogP contribution < -0.4 is 4.72 Å². The highest BCUT2D eigenvalue weighted by molar-refractivity contribution is 7.92. The van der Waals surface area contributed by atoms with E-state index in [1.807, 2.05) is 19.9 Å². The highest BCUT2D eigenvalue weighted by atomic mass is 32.2. The maximum Gasteiger partial charge on any atom is 0.262 e. The molecule has 0 bridgehead atoms. The van der Waals surface area contributed by atoms with Gasteiger partial charge >= 0.3 is 0 Å². The monoisotopic (exact) mass is 346 g/mol. The van der Waals surface area contributed by atoms with E-state index < -0.39 is 10.0 Å². The molecule has 0 aliphatic heterocycles. The average molecular weight is 346 g/mol. The first-order valence-electron chi connectivity index (χ1n) is 7.30. The van der Waals surface area contributed by atoms with Crippen LogP contribution >= 0.6 is 0 Å². The van der Waals surface area contributed by atoms with Crippen LogP contribution in [0.2, 0.25) is 0 Å². The fourth-order valence-corrected chi connectivity index (χ4v) is 4.03. The Morgan fingerprint density at radius 3 is 2.42 bits per heavy atom. The number of aromatic nitrogens is 5. The second-order valence-electron chi connectivity index (χ2n) is 5.73. The summed E-state index contributed by atoms with van der Waals surface area (Å²) < 4.78 is 30.0. The van der Waals surface area contributed by atoms with Gasteiger partial charge in [0, 0.05) is 0 Å². The van der Waals surface area contributed by atoms with Gasteiger partial charge in [0.15, 0.2) is 5.82 Å². The van der Waals surface area contributed by atoms with Gasteiger partial charge in [-0.3, -0.25) is 14.4 Å². The van der Waals surface area contributed by atoms with Gasteiger partial charge in [-0.25, -0.2) is 8.42 Å². The van der Waals surface area contributed by atoms with Crippen LogP contribution in [0.5, 0.6) is 0 Å². The van der Waals surface area contributed by atoms with E-state index in [1.165, 1.54) is 17.2 Å². The lowest BCUT2D eigenvalue weighted by molar-refractivity contribution is 0.600. The van der Waals surface area contributed by atoms with Crippen molar-refractivity contribution in [1.82, 2.24) is 25.0 Å². The van der Waals surface area contributed by atoms with E-state index in [0.29, 0.717) is 17.2 Å². The van der Waals surface area contributed by atoms with Gasteiger partial charge in [0.05, 0.1) is 10.6 Å². The molecule has 2 N–H and O–H groups in total. The number of benzene rings is 1. The van der Waals surface area contributed by atoms with Crippen LogP contribution in [-0.4, -0.2) is 33.4 Å². The van der Waals surface area contributed by atoms with Crippen molar-refractivity contribution in [3.05, 3.63) is 47.2 Å². The van der Waals surface area contributed by atoms with Crippen LogP contribution in [0.4, 0.5) is 5.69 Å². The Kier molecular flexibility index (Phi) is 3.88. The molecule has 0 saturated carbocycles. The van der Waals surface area contributed by atoms with E-state index in [-0.39, 0.29) is 4.90 Å². The lowest BCUT2D eigenvalue weighted by Crippen LogP contribution is -2.16. The molecule has 0 aliphatic rings. The van der Waals surface area contributed by atoms with E-state index in [2.05, 4.69) is 25.1 Å². The summed E-state index contributed by atoms with van der Waals surface area (Å²) in [7, 11) is -3.76. The first-order chi connectivity index (χ1) is 11.3. The Hall–Kier alpha value is -2.68. The molecule has 0 fully saturated rings. The lowest BCUT2D eigenvalue weighted by atomic mass is 10.1. The number of hydrogen-bond acceptors (Lipinski definition) is 5. The zero-order valence-electron chi connectivity index (χ0n) is 13.8. The third-order valence-corrected chi connectivity index (χ3v) is 5.36. The van der Waals surface area contributed by atoms with Crippen LogP contribution in [0.3, 0.4) is 0 Å². The summed E-state index contributed by atoms with van der Waals surface area (Å²) in [6, 6.07) is 3.62. The molecule has 0 atom stereocenters. The quantitative estimate of drug-likeness (QED) is 0.752. The number of nitrogens with zero attached hydrogens (tertiary/aromatic N) is 4. The average Bonchev–Trinajstić information content (AvgIpc) is 3.13. The number of rotatable bonds is 4. The summed E-state index contributed by atoms with van der Waals surface area (Å²) >= 11 is 0. The van der Waals surface area contributed by atoms with E-state index in [4.69, 9.17) is 0 Å². The van der Waals surface area contributed by atoms with Gasteiger partial charge < -0.3 is 0 Å². The van der Waals surface area contributed by atoms with E-state index in [1.54, 1.807) is 19.9 Å². The molecule has 0 amide bonds. The molecule has 3 rings (SSSR count).